The van der Waals surface area contributed by atoms with Crippen LogP contribution < -0.4 is 15.8 Å². The van der Waals surface area contributed by atoms with Gasteiger partial charge in [-0.05, 0) is 12.1 Å². The van der Waals surface area contributed by atoms with Crippen LogP contribution >= 0.6 is 0 Å². The van der Waals surface area contributed by atoms with Crippen LogP contribution in [0, 0.1) is 0 Å². The molecule has 3 N–H and O–H groups in total. The molecule has 0 atom stereocenters. The lowest BCUT2D eigenvalue weighted by atomic mass is 10.3. The highest BCUT2D eigenvalue weighted by atomic mass is 19.4. The zero-order valence-electron chi connectivity index (χ0n) is 9.48. The number of halogens is 3. The molecule has 0 fully saturated rings. The van der Waals surface area contributed by atoms with Crippen LogP contribution in [-0.4, -0.2) is 16.3 Å². The highest BCUT2D eigenvalue weighted by Gasteiger charge is 2.32. The summed E-state index contributed by atoms with van der Waals surface area (Å²) in [6.07, 6.45) is -2.11. The van der Waals surface area contributed by atoms with Crippen molar-refractivity contribution in [2.24, 2.45) is 0 Å². The number of para-hydroxylation sites is 2. The maximum atomic E-state index is 12.2. The summed E-state index contributed by atoms with van der Waals surface area (Å²) in [5.41, 5.74) is 5.54. The number of nitrogens with zero attached hydrogens (tertiary/aromatic N) is 2. The maximum Gasteiger partial charge on any atom is 0.573 e. The lowest BCUT2D eigenvalue weighted by Crippen LogP contribution is -2.17. The second kappa shape index (κ2) is 5.01. The minimum absolute atomic E-state index is 0.111. The average molecular weight is 270 g/mol. The number of nitrogen functional groups attached to an aromatic ring is 1. The number of anilines is 3. The van der Waals surface area contributed by atoms with Crippen LogP contribution in [0.2, 0.25) is 0 Å². The van der Waals surface area contributed by atoms with Crippen molar-refractivity contribution < 1.29 is 17.9 Å². The van der Waals surface area contributed by atoms with Gasteiger partial charge in [-0.15, -0.1) is 13.2 Å². The van der Waals surface area contributed by atoms with Gasteiger partial charge in [-0.2, -0.15) is 0 Å². The van der Waals surface area contributed by atoms with Gasteiger partial charge in [-0.25, -0.2) is 4.98 Å². The molecule has 8 heteroatoms. The van der Waals surface area contributed by atoms with E-state index in [1.54, 1.807) is 6.07 Å². The van der Waals surface area contributed by atoms with E-state index in [0.717, 1.165) is 0 Å². The molecule has 0 bridgehead atoms. The standard InChI is InChI=1S/C11H9F3N4O/c12-11(13,14)19-8-4-2-1-3-7(8)17-10-6-16-5-9(15)18-10/h1-6H,(H3,15,17,18). The first-order valence-corrected chi connectivity index (χ1v) is 5.13. The Morgan fingerprint density at radius 2 is 1.89 bits per heavy atom. The Bertz CT molecular complexity index is 574. The third-order valence-electron chi connectivity index (χ3n) is 2.03. The van der Waals surface area contributed by atoms with E-state index in [4.69, 9.17) is 5.73 Å². The molecular formula is C11H9F3N4O. The molecule has 2 aromatic rings. The van der Waals surface area contributed by atoms with E-state index in [-0.39, 0.29) is 23.1 Å². The highest BCUT2D eigenvalue weighted by molar-refractivity contribution is 5.64. The Morgan fingerprint density at radius 1 is 1.16 bits per heavy atom. The minimum atomic E-state index is -4.76. The third kappa shape index (κ3) is 3.73. The van der Waals surface area contributed by atoms with Crippen LogP contribution in [0.1, 0.15) is 0 Å². The molecule has 0 aliphatic heterocycles. The summed E-state index contributed by atoms with van der Waals surface area (Å²) >= 11 is 0. The van der Waals surface area contributed by atoms with Crippen molar-refractivity contribution in [1.82, 2.24) is 9.97 Å². The van der Waals surface area contributed by atoms with Crippen LogP contribution in [0.3, 0.4) is 0 Å². The normalized spacial score (nSPS) is 11.1. The summed E-state index contributed by atoms with van der Waals surface area (Å²) in [4.78, 5) is 7.65. The Hall–Kier alpha value is -2.51. The van der Waals surface area contributed by atoms with Crippen molar-refractivity contribution >= 4 is 17.3 Å². The predicted molar refractivity (Wildman–Crippen MR) is 62.9 cm³/mol. The fourth-order valence-corrected chi connectivity index (χ4v) is 1.36. The highest BCUT2D eigenvalue weighted by Crippen LogP contribution is 2.31. The first-order chi connectivity index (χ1) is 8.94. The molecule has 1 aromatic carbocycles. The van der Waals surface area contributed by atoms with E-state index in [9.17, 15) is 13.2 Å². The first-order valence-electron chi connectivity index (χ1n) is 5.13. The number of hydrogen-bond donors (Lipinski definition) is 2. The first kappa shape index (κ1) is 12.9. The second-order valence-electron chi connectivity index (χ2n) is 3.50. The van der Waals surface area contributed by atoms with E-state index in [2.05, 4.69) is 20.0 Å². The largest absolute Gasteiger partial charge is 0.573 e. The van der Waals surface area contributed by atoms with Crippen LogP contribution in [0.25, 0.3) is 0 Å². The van der Waals surface area contributed by atoms with Gasteiger partial charge in [0, 0.05) is 0 Å². The van der Waals surface area contributed by atoms with Gasteiger partial charge in [0.2, 0.25) is 0 Å². The second-order valence-corrected chi connectivity index (χ2v) is 3.50. The van der Waals surface area contributed by atoms with Gasteiger partial charge in [0.25, 0.3) is 0 Å². The molecule has 0 spiro atoms. The van der Waals surface area contributed by atoms with E-state index < -0.39 is 6.36 Å². The average Bonchev–Trinajstić information content (AvgIpc) is 2.30. The van der Waals surface area contributed by atoms with Crippen LogP contribution in [0.4, 0.5) is 30.5 Å². The number of ether oxygens (including phenoxy) is 1. The van der Waals surface area contributed by atoms with Gasteiger partial charge in [0.1, 0.15) is 5.82 Å². The molecule has 0 amide bonds. The fourth-order valence-electron chi connectivity index (χ4n) is 1.36. The topological polar surface area (TPSA) is 73.1 Å². The van der Waals surface area contributed by atoms with Gasteiger partial charge < -0.3 is 15.8 Å². The number of nitrogens with one attached hydrogen (secondary N) is 1. The summed E-state index contributed by atoms with van der Waals surface area (Å²) in [5, 5.41) is 2.66. The molecular weight excluding hydrogens is 261 g/mol. The van der Waals surface area contributed by atoms with E-state index in [1.807, 2.05) is 0 Å². The molecule has 0 aliphatic carbocycles. The van der Waals surface area contributed by atoms with Crippen LogP contribution in [-0.2, 0) is 0 Å². The van der Waals surface area contributed by atoms with Gasteiger partial charge in [-0.1, -0.05) is 12.1 Å². The zero-order valence-corrected chi connectivity index (χ0v) is 9.48. The van der Waals surface area contributed by atoms with E-state index in [0.29, 0.717) is 0 Å². The molecule has 0 unspecified atom stereocenters. The smallest absolute Gasteiger partial charge is 0.404 e. The Morgan fingerprint density at radius 3 is 2.58 bits per heavy atom. The molecule has 2 rings (SSSR count). The number of alkyl halides is 3. The van der Waals surface area contributed by atoms with Crippen molar-refractivity contribution in [1.29, 1.82) is 0 Å². The van der Waals surface area contributed by atoms with Crippen molar-refractivity contribution in [3.63, 3.8) is 0 Å². The van der Waals surface area contributed by atoms with Gasteiger partial charge >= 0.3 is 6.36 Å². The van der Waals surface area contributed by atoms with Gasteiger partial charge in [0.05, 0.1) is 18.1 Å². The summed E-state index contributed by atoms with van der Waals surface area (Å²) in [6, 6.07) is 5.60. The number of rotatable bonds is 3. The van der Waals surface area contributed by atoms with Crippen molar-refractivity contribution in [2.75, 3.05) is 11.1 Å². The molecule has 0 aliphatic rings. The quantitative estimate of drug-likeness (QED) is 0.897. The van der Waals surface area contributed by atoms with Crippen molar-refractivity contribution in [2.45, 2.75) is 6.36 Å². The van der Waals surface area contributed by atoms with Gasteiger partial charge in [0.15, 0.2) is 11.6 Å². The number of aromatic nitrogens is 2. The molecule has 0 radical (unpaired) electrons. The van der Waals surface area contributed by atoms with Crippen LogP contribution in [0.15, 0.2) is 36.7 Å². The lowest BCUT2D eigenvalue weighted by Gasteiger charge is -2.13. The Kier molecular flexibility index (Phi) is 3.41. The summed E-state index contributed by atoms with van der Waals surface area (Å²) in [5.74, 6) is 0.0108. The molecule has 0 saturated carbocycles. The molecule has 5 nitrogen and oxygen atoms in total. The predicted octanol–water partition coefficient (Wildman–Crippen LogP) is 2.70. The Labute approximate surface area is 106 Å². The van der Waals surface area contributed by atoms with Crippen LogP contribution in [0.5, 0.6) is 5.75 Å². The minimum Gasteiger partial charge on any atom is -0.404 e. The molecule has 1 aromatic heterocycles. The molecule has 100 valence electrons. The number of hydrogen-bond acceptors (Lipinski definition) is 5. The maximum absolute atomic E-state index is 12.2. The molecule has 1 heterocycles. The monoisotopic (exact) mass is 270 g/mol. The molecule has 0 saturated heterocycles. The summed E-state index contributed by atoms with van der Waals surface area (Å²) in [7, 11) is 0. The SMILES string of the molecule is Nc1cncc(Nc2ccccc2OC(F)(F)F)n1. The zero-order chi connectivity index (χ0) is 13.9. The summed E-state index contributed by atoms with van der Waals surface area (Å²) < 4.78 is 40.6. The van der Waals surface area contributed by atoms with Gasteiger partial charge in [-0.3, -0.25) is 4.98 Å². The third-order valence-corrected chi connectivity index (χ3v) is 2.03. The number of nitrogens with two attached hydrogens (primary N) is 1. The van der Waals surface area contributed by atoms with Crippen molar-refractivity contribution in [3.8, 4) is 5.75 Å². The Balaban J connectivity index is 2.25. The summed E-state index contributed by atoms with van der Waals surface area (Å²) in [6.45, 7) is 0. The van der Waals surface area contributed by atoms with Crippen molar-refractivity contribution in [3.05, 3.63) is 36.7 Å². The van der Waals surface area contributed by atoms with E-state index in [1.165, 1.54) is 30.6 Å². The van der Waals surface area contributed by atoms with E-state index >= 15 is 0 Å². The fraction of sp³-hybridized carbons (Fsp3) is 0.0909. The lowest BCUT2D eigenvalue weighted by molar-refractivity contribution is -0.274. The molecule has 19 heavy (non-hydrogen) atoms. The number of benzene rings is 1.